The maximum Gasteiger partial charge on any atom is 0.277 e. The standard InChI is InChI=1S/C16H14ClFN2O3/c1-22-14-4-2-3-5-15(14)23-10-16(21)20-19-9-11-6-7-12(18)8-13(11)17/h2-9H,10H2,1H3,(H,20,21)/b19-9+. The third kappa shape index (κ3) is 4.96. The summed E-state index contributed by atoms with van der Waals surface area (Å²) in [6.45, 7) is -0.227. The highest BCUT2D eigenvalue weighted by atomic mass is 35.5. The number of nitrogens with zero attached hydrogens (tertiary/aromatic N) is 1. The summed E-state index contributed by atoms with van der Waals surface area (Å²) < 4.78 is 23.3. The molecule has 7 heteroatoms. The van der Waals surface area contributed by atoms with E-state index in [-0.39, 0.29) is 11.6 Å². The molecule has 2 aromatic carbocycles. The van der Waals surface area contributed by atoms with Crippen molar-refractivity contribution >= 4 is 23.7 Å². The number of nitrogens with one attached hydrogen (secondary N) is 1. The second-order valence-corrected chi connectivity index (χ2v) is 4.81. The third-order valence-electron chi connectivity index (χ3n) is 2.78. The summed E-state index contributed by atoms with van der Waals surface area (Å²) in [6.07, 6.45) is 1.32. The Hall–Kier alpha value is -2.60. The van der Waals surface area contributed by atoms with Crippen LogP contribution in [0.1, 0.15) is 5.56 Å². The Bertz CT molecular complexity index is 722. The van der Waals surface area contributed by atoms with E-state index in [4.69, 9.17) is 21.1 Å². The second kappa shape index (κ2) is 8.14. The first-order valence-electron chi connectivity index (χ1n) is 6.63. The summed E-state index contributed by atoms with van der Waals surface area (Å²) in [5.74, 6) is 0.0874. The van der Waals surface area contributed by atoms with E-state index in [2.05, 4.69) is 10.5 Å². The van der Waals surface area contributed by atoms with Gasteiger partial charge < -0.3 is 9.47 Å². The largest absolute Gasteiger partial charge is 0.493 e. The Morgan fingerprint density at radius 2 is 2.04 bits per heavy atom. The summed E-state index contributed by atoms with van der Waals surface area (Å²) in [5, 5.41) is 3.95. The predicted octanol–water partition coefficient (Wildman–Crippen LogP) is 3.02. The first-order chi connectivity index (χ1) is 11.1. The number of hydrogen-bond acceptors (Lipinski definition) is 4. The van der Waals surface area contributed by atoms with Crippen molar-refractivity contribution in [2.45, 2.75) is 0 Å². The maximum absolute atomic E-state index is 12.9. The van der Waals surface area contributed by atoms with Crippen molar-refractivity contribution in [1.29, 1.82) is 0 Å². The van der Waals surface area contributed by atoms with Crippen molar-refractivity contribution in [3.05, 3.63) is 58.9 Å². The first kappa shape index (κ1) is 16.8. The molecule has 0 aromatic heterocycles. The van der Waals surface area contributed by atoms with Gasteiger partial charge >= 0.3 is 0 Å². The minimum absolute atomic E-state index is 0.202. The Labute approximate surface area is 137 Å². The molecule has 0 saturated heterocycles. The molecule has 0 unspecified atom stereocenters. The highest BCUT2D eigenvalue weighted by Gasteiger charge is 2.06. The molecule has 0 fully saturated rings. The molecule has 0 saturated carbocycles. The van der Waals surface area contributed by atoms with Crippen molar-refractivity contribution in [2.24, 2.45) is 5.10 Å². The van der Waals surface area contributed by atoms with Gasteiger partial charge in [-0.1, -0.05) is 23.7 Å². The van der Waals surface area contributed by atoms with Crippen LogP contribution in [0, 0.1) is 5.82 Å². The topological polar surface area (TPSA) is 59.9 Å². The van der Waals surface area contributed by atoms with E-state index in [1.807, 2.05) is 0 Å². The molecule has 2 rings (SSSR count). The van der Waals surface area contributed by atoms with Gasteiger partial charge in [-0.25, -0.2) is 9.82 Å². The lowest BCUT2D eigenvalue weighted by atomic mass is 10.2. The molecular formula is C16H14ClFN2O3. The van der Waals surface area contributed by atoms with Crippen LogP contribution in [0.4, 0.5) is 4.39 Å². The van der Waals surface area contributed by atoms with Gasteiger partial charge in [0.1, 0.15) is 5.82 Å². The number of carbonyl (C=O) groups excluding carboxylic acids is 1. The lowest BCUT2D eigenvalue weighted by Gasteiger charge is -2.09. The van der Waals surface area contributed by atoms with Gasteiger partial charge in [0.15, 0.2) is 18.1 Å². The van der Waals surface area contributed by atoms with Crippen LogP contribution >= 0.6 is 11.6 Å². The van der Waals surface area contributed by atoms with Crippen LogP contribution in [0.25, 0.3) is 0 Å². The molecule has 0 spiro atoms. The lowest BCUT2D eigenvalue weighted by molar-refractivity contribution is -0.123. The molecule has 0 atom stereocenters. The number of methoxy groups -OCH3 is 1. The number of amides is 1. The molecule has 1 amide bonds. The zero-order valence-corrected chi connectivity index (χ0v) is 13.0. The van der Waals surface area contributed by atoms with Gasteiger partial charge in [0.25, 0.3) is 5.91 Å². The molecule has 0 aliphatic carbocycles. The summed E-state index contributed by atoms with van der Waals surface area (Å²) in [6, 6.07) is 10.8. The fourth-order valence-corrected chi connectivity index (χ4v) is 1.91. The number of ether oxygens (including phenoxy) is 2. The average molecular weight is 337 g/mol. The van der Waals surface area contributed by atoms with Gasteiger partial charge in [-0.05, 0) is 30.3 Å². The van der Waals surface area contributed by atoms with E-state index in [0.29, 0.717) is 17.1 Å². The number of para-hydroxylation sites is 2. The van der Waals surface area contributed by atoms with Crippen LogP contribution in [-0.4, -0.2) is 25.8 Å². The van der Waals surface area contributed by atoms with E-state index in [9.17, 15) is 9.18 Å². The number of hydrogen-bond donors (Lipinski definition) is 1. The number of hydrazone groups is 1. The van der Waals surface area contributed by atoms with Gasteiger partial charge in [-0.2, -0.15) is 5.10 Å². The number of benzene rings is 2. The van der Waals surface area contributed by atoms with Crippen molar-refractivity contribution in [3.8, 4) is 11.5 Å². The van der Waals surface area contributed by atoms with Gasteiger partial charge in [0.05, 0.1) is 18.3 Å². The normalized spacial score (nSPS) is 10.6. The highest BCUT2D eigenvalue weighted by molar-refractivity contribution is 6.33. The molecule has 1 N–H and O–H groups in total. The van der Waals surface area contributed by atoms with E-state index in [0.717, 1.165) is 6.07 Å². The molecule has 5 nitrogen and oxygen atoms in total. The first-order valence-corrected chi connectivity index (χ1v) is 7.00. The van der Waals surface area contributed by atoms with Gasteiger partial charge in [-0.15, -0.1) is 0 Å². The average Bonchev–Trinajstić information content (AvgIpc) is 2.55. The van der Waals surface area contributed by atoms with Crippen molar-refractivity contribution < 1.29 is 18.7 Å². The molecule has 23 heavy (non-hydrogen) atoms. The second-order valence-electron chi connectivity index (χ2n) is 4.40. The summed E-state index contributed by atoms with van der Waals surface area (Å²) in [7, 11) is 1.51. The summed E-state index contributed by atoms with van der Waals surface area (Å²) in [5.41, 5.74) is 2.78. The van der Waals surface area contributed by atoms with Crippen LogP contribution in [-0.2, 0) is 4.79 Å². The van der Waals surface area contributed by atoms with Crippen LogP contribution in [0.15, 0.2) is 47.6 Å². The van der Waals surface area contributed by atoms with Crippen LogP contribution in [0.5, 0.6) is 11.5 Å². The SMILES string of the molecule is COc1ccccc1OCC(=O)N/N=C/c1ccc(F)cc1Cl. The van der Waals surface area contributed by atoms with Gasteiger partial charge in [0, 0.05) is 5.56 Å². The van der Waals surface area contributed by atoms with Gasteiger partial charge in [-0.3, -0.25) is 4.79 Å². The van der Waals surface area contributed by atoms with E-state index >= 15 is 0 Å². The van der Waals surface area contributed by atoms with Crippen LogP contribution < -0.4 is 14.9 Å². The molecule has 0 radical (unpaired) electrons. The minimum Gasteiger partial charge on any atom is -0.493 e. The zero-order valence-electron chi connectivity index (χ0n) is 12.3. The Kier molecular flexibility index (Phi) is 5.94. The summed E-state index contributed by atoms with van der Waals surface area (Å²) >= 11 is 5.84. The molecule has 0 heterocycles. The molecular weight excluding hydrogens is 323 g/mol. The number of carbonyl (C=O) groups is 1. The number of rotatable bonds is 6. The molecule has 120 valence electrons. The highest BCUT2D eigenvalue weighted by Crippen LogP contribution is 2.25. The lowest BCUT2D eigenvalue weighted by Crippen LogP contribution is -2.24. The van der Waals surface area contributed by atoms with E-state index in [1.165, 1.54) is 25.5 Å². The quantitative estimate of drug-likeness (QED) is 0.651. The van der Waals surface area contributed by atoms with E-state index < -0.39 is 11.7 Å². The Morgan fingerprint density at radius 3 is 2.74 bits per heavy atom. The maximum atomic E-state index is 12.9. The fourth-order valence-electron chi connectivity index (χ4n) is 1.69. The molecule has 2 aromatic rings. The molecule has 0 bridgehead atoms. The predicted molar refractivity (Wildman–Crippen MR) is 85.6 cm³/mol. The van der Waals surface area contributed by atoms with E-state index in [1.54, 1.807) is 24.3 Å². The number of halogens is 2. The fraction of sp³-hybridized carbons (Fsp3) is 0.125. The monoisotopic (exact) mass is 336 g/mol. The smallest absolute Gasteiger partial charge is 0.277 e. The van der Waals surface area contributed by atoms with Crippen molar-refractivity contribution in [2.75, 3.05) is 13.7 Å². The Morgan fingerprint density at radius 1 is 1.30 bits per heavy atom. The van der Waals surface area contributed by atoms with Crippen molar-refractivity contribution in [3.63, 3.8) is 0 Å². The molecule has 0 aliphatic heterocycles. The molecule has 0 aliphatic rings. The zero-order chi connectivity index (χ0) is 16.7. The van der Waals surface area contributed by atoms with Crippen molar-refractivity contribution in [1.82, 2.24) is 5.43 Å². The van der Waals surface area contributed by atoms with Crippen LogP contribution in [0.3, 0.4) is 0 Å². The van der Waals surface area contributed by atoms with Gasteiger partial charge in [0.2, 0.25) is 0 Å². The minimum atomic E-state index is -0.453. The third-order valence-corrected chi connectivity index (χ3v) is 3.11. The summed E-state index contributed by atoms with van der Waals surface area (Å²) in [4.78, 5) is 11.7. The Balaban J connectivity index is 1.86. The van der Waals surface area contributed by atoms with Crippen LogP contribution in [0.2, 0.25) is 5.02 Å².